The lowest BCUT2D eigenvalue weighted by Crippen LogP contribution is -2.15. The SMILES string of the molecule is C=CC(N)CCC=CCN. The minimum atomic E-state index is 0.127. The van der Waals surface area contributed by atoms with Crippen molar-refractivity contribution in [2.75, 3.05) is 6.54 Å². The Morgan fingerprint density at radius 1 is 1.40 bits per heavy atom. The minimum absolute atomic E-state index is 0.127. The maximum absolute atomic E-state index is 5.57. The van der Waals surface area contributed by atoms with Gasteiger partial charge in [-0.05, 0) is 12.8 Å². The van der Waals surface area contributed by atoms with Gasteiger partial charge in [-0.3, -0.25) is 0 Å². The van der Waals surface area contributed by atoms with Gasteiger partial charge in [-0.1, -0.05) is 18.2 Å². The quantitative estimate of drug-likeness (QED) is 0.555. The number of nitrogens with two attached hydrogens (primary N) is 2. The summed E-state index contributed by atoms with van der Waals surface area (Å²) in [4.78, 5) is 0. The third-order valence-electron chi connectivity index (χ3n) is 1.27. The predicted molar refractivity (Wildman–Crippen MR) is 45.6 cm³/mol. The fraction of sp³-hybridized carbons (Fsp3) is 0.500. The maximum atomic E-state index is 5.57. The molecule has 0 aliphatic heterocycles. The molecule has 0 aliphatic carbocycles. The van der Waals surface area contributed by atoms with E-state index in [2.05, 4.69) is 6.58 Å². The summed E-state index contributed by atoms with van der Waals surface area (Å²) in [5.74, 6) is 0. The van der Waals surface area contributed by atoms with Crippen LogP contribution >= 0.6 is 0 Å². The average Bonchev–Trinajstić information content (AvgIpc) is 1.98. The van der Waals surface area contributed by atoms with Crippen LogP contribution < -0.4 is 11.5 Å². The Morgan fingerprint density at radius 3 is 2.60 bits per heavy atom. The first-order valence-corrected chi connectivity index (χ1v) is 3.54. The van der Waals surface area contributed by atoms with Gasteiger partial charge in [0.05, 0.1) is 0 Å². The number of rotatable bonds is 5. The molecular weight excluding hydrogens is 124 g/mol. The van der Waals surface area contributed by atoms with Gasteiger partial charge < -0.3 is 11.5 Å². The topological polar surface area (TPSA) is 52.0 Å². The molecule has 10 heavy (non-hydrogen) atoms. The molecule has 0 rings (SSSR count). The number of hydrogen-bond acceptors (Lipinski definition) is 2. The van der Waals surface area contributed by atoms with E-state index >= 15 is 0 Å². The average molecular weight is 140 g/mol. The van der Waals surface area contributed by atoms with E-state index in [-0.39, 0.29) is 6.04 Å². The van der Waals surface area contributed by atoms with Crippen molar-refractivity contribution in [3.8, 4) is 0 Å². The highest BCUT2D eigenvalue weighted by Gasteiger charge is 1.91. The molecule has 2 heteroatoms. The first-order chi connectivity index (χ1) is 4.81. The predicted octanol–water partition coefficient (Wildman–Crippen LogP) is 0.795. The highest BCUT2D eigenvalue weighted by atomic mass is 14.6. The van der Waals surface area contributed by atoms with Gasteiger partial charge >= 0.3 is 0 Å². The van der Waals surface area contributed by atoms with Crippen LogP contribution in [-0.4, -0.2) is 12.6 Å². The number of hydrogen-bond donors (Lipinski definition) is 2. The zero-order valence-corrected chi connectivity index (χ0v) is 6.29. The lowest BCUT2D eigenvalue weighted by atomic mass is 10.1. The lowest BCUT2D eigenvalue weighted by Gasteiger charge is -2.00. The zero-order valence-electron chi connectivity index (χ0n) is 6.29. The third-order valence-corrected chi connectivity index (χ3v) is 1.27. The van der Waals surface area contributed by atoms with Crippen LogP contribution in [0.3, 0.4) is 0 Å². The molecule has 1 unspecified atom stereocenters. The third kappa shape index (κ3) is 5.54. The van der Waals surface area contributed by atoms with Gasteiger partial charge in [-0.25, -0.2) is 0 Å². The van der Waals surface area contributed by atoms with Gasteiger partial charge in [-0.2, -0.15) is 0 Å². The first-order valence-electron chi connectivity index (χ1n) is 3.54. The van der Waals surface area contributed by atoms with Crippen LogP contribution in [0.15, 0.2) is 24.8 Å². The van der Waals surface area contributed by atoms with Crippen molar-refractivity contribution < 1.29 is 0 Å². The summed E-state index contributed by atoms with van der Waals surface area (Å²) in [5.41, 5.74) is 10.8. The molecule has 1 atom stereocenters. The molecule has 0 radical (unpaired) electrons. The molecule has 0 fully saturated rings. The second-order valence-electron chi connectivity index (χ2n) is 2.18. The molecule has 0 saturated heterocycles. The highest BCUT2D eigenvalue weighted by molar-refractivity contribution is 4.88. The Balaban J connectivity index is 3.18. The van der Waals surface area contributed by atoms with E-state index in [0.29, 0.717) is 6.54 Å². The summed E-state index contributed by atoms with van der Waals surface area (Å²) in [6.07, 6.45) is 7.69. The summed E-state index contributed by atoms with van der Waals surface area (Å²) in [6.45, 7) is 4.20. The summed E-state index contributed by atoms with van der Waals surface area (Å²) < 4.78 is 0. The fourth-order valence-corrected chi connectivity index (χ4v) is 0.621. The van der Waals surface area contributed by atoms with Crippen LogP contribution in [0.5, 0.6) is 0 Å². The maximum Gasteiger partial charge on any atom is 0.0224 e. The Bertz CT molecular complexity index is 108. The standard InChI is InChI=1S/C8H16N2/c1-2-8(10)6-4-3-5-7-9/h2-3,5,8H,1,4,6-7,9-10H2. The molecule has 4 N–H and O–H groups in total. The van der Waals surface area contributed by atoms with E-state index < -0.39 is 0 Å². The van der Waals surface area contributed by atoms with Crippen LogP contribution in [0.25, 0.3) is 0 Å². The van der Waals surface area contributed by atoms with Gasteiger partial charge in [0.2, 0.25) is 0 Å². The normalized spacial score (nSPS) is 13.8. The van der Waals surface area contributed by atoms with E-state index in [1.807, 2.05) is 12.2 Å². The first kappa shape index (κ1) is 9.40. The molecule has 0 aliphatic rings. The van der Waals surface area contributed by atoms with Crippen LogP contribution in [0.1, 0.15) is 12.8 Å². The monoisotopic (exact) mass is 140 g/mol. The second kappa shape index (κ2) is 6.52. The van der Waals surface area contributed by atoms with Crippen LogP contribution in [0, 0.1) is 0 Å². The van der Waals surface area contributed by atoms with E-state index in [1.165, 1.54) is 0 Å². The van der Waals surface area contributed by atoms with E-state index in [9.17, 15) is 0 Å². The van der Waals surface area contributed by atoms with E-state index in [1.54, 1.807) is 6.08 Å². The van der Waals surface area contributed by atoms with Gasteiger partial charge in [0, 0.05) is 12.6 Å². The van der Waals surface area contributed by atoms with Crippen molar-refractivity contribution in [1.29, 1.82) is 0 Å². The van der Waals surface area contributed by atoms with Gasteiger partial charge in [0.1, 0.15) is 0 Å². The van der Waals surface area contributed by atoms with Crippen molar-refractivity contribution in [2.24, 2.45) is 11.5 Å². The Labute approximate surface area is 62.6 Å². The molecule has 0 amide bonds. The molecule has 2 nitrogen and oxygen atoms in total. The summed E-state index contributed by atoms with van der Waals surface area (Å²) in [7, 11) is 0. The molecule has 0 saturated carbocycles. The van der Waals surface area contributed by atoms with Crippen LogP contribution in [0.2, 0.25) is 0 Å². The van der Waals surface area contributed by atoms with Crippen molar-refractivity contribution in [1.82, 2.24) is 0 Å². The van der Waals surface area contributed by atoms with Crippen LogP contribution in [0.4, 0.5) is 0 Å². The summed E-state index contributed by atoms with van der Waals surface area (Å²) in [6, 6.07) is 0.127. The summed E-state index contributed by atoms with van der Waals surface area (Å²) in [5, 5.41) is 0. The fourth-order valence-electron chi connectivity index (χ4n) is 0.621. The molecule has 0 heterocycles. The Kier molecular flexibility index (Phi) is 6.13. The van der Waals surface area contributed by atoms with Crippen molar-refractivity contribution in [2.45, 2.75) is 18.9 Å². The largest absolute Gasteiger partial charge is 0.327 e. The van der Waals surface area contributed by atoms with Gasteiger partial charge in [0.25, 0.3) is 0 Å². The highest BCUT2D eigenvalue weighted by Crippen LogP contribution is 1.95. The molecule has 0 aromatic heterocycles. The Hall–Kier alpha value is -0.600. The zero-order chi connectivity index (χ0) is 7.82. The molecule has 0 aromatic rings. The van der Waals surface area contributed by atoms with Crippen molar-refractivity contribution in [3.63, 3.8) is 0 Å². The molecule has 0 aromatic carbocycles. The minimum Gasteiger partial charge on any atom is -0.327 e. The Morgan fingerprint density at radius 2 is 2.10 bits per heavy atom. The molecule has 0 spiro atoms. The molecule has 58 valence electrons. The molecular formula is C8H16N2. The van der Waals surface area contributed by atoms with Gasteiger partial charge in [0.15, 0.2) is 0 Å². The summed E-state index contributed by atoms with van der Waals surface area (Å²) >= 11 is 0. The van der Waals surface area contributed by atoms with Crippen molar-refractivity contribution >= 4 is 0 Å². The van der Waals surface area contributed by atoms with Crippen molar-refractivity contribution in [3.05, 3.63) is 24.8 Å². The van der Waals surface area contributed by atoms with E-state index in [4.69, 9.17) is 11.5 Å². The van der Waals surface area contributed by atoms with E-state index in [0.717, 1.165) is 12.8 Å². The molecule has 0 bridgehead atoms. The number of allylic oxidation sites excluding steroid dienone is 1. The smallest absolute Gasteiger partial charge is 0.0224 e. The second-order valence-corrected chi connectivity index (χ2v) is 2.18. The van der Waals surface area contributed by atoms with Gasteiger partial charge in [-0.15, -0.1) is 6.58 Å². The van der Waals surface area contributed by atoms with Crippen LogP contribution in [-0.2, 0) is 0 Å². The lowest BCUT2D eigenvalue weighted by molar-refractivity contribution is 0.734.